The highest BCUT2D eigenvalue weighted by atomic mass is 15.0. The van der Waals surface area contributed by atoms with Crippen molar-refractivity contribution in [3.05, 3.63) is 18.6 Å². The molecule has 3 heteroatoms. The summed E-state index contributed by atoms with van der Waals surface area (Å²) in [5, 5.41) is 3.52. The van der Waals surface area contributed by atoms with Crippen LogP contribution in [0.3, 0.4) is 0 Å². The summed E-state index contributed by atoms with van der Waals surface area (Å²) >= 11 is 0. The molecular formula is C13H21N3. The second-order valence-electron chi connectivity index (χ2n) is 4.65. The van der Waals surface area contributed by atoms with Crippen molar-refractivity contribution in [1.82, 2.24) is 9.97 Å². The first-order valence-electron chi connectivity index (χ1n) is 6.42. The number of hydrogen-bond acceptors (Lipinski definition) is 3. The van der Waals surface area contributed by atoms with Crippen LogP contribution in [0.2, 0.25) is 0 Å². The van der Waals surface area contributed by atoms with Crippen molar-refractivity contribution in [2.75, 3.05) is 5.32 Å². The van der Waals surface area contributed by atoms with Crippen molar-refractivity contribution in [2.45, 2.75) is 51.5 Å². The molecule has 1 saturated carbocycles. The number of aromatic nitrogens is 2. The number of anilines is 1. The highest BCUT2D eigenvalue weighted by Gasteiger charge is 2.22. The summed E-state index contributed by atoms with van der Waals surface area (Å²) in [7, 11) is 0. The Balaban J connectivity index is 1.94. The third-order valence-electron chi connectivity index (χ3n) is 3.56. The van der Waals surface area contributed by atoms with Gasteiger partial charge in [-0.15, -0.1) is 0 Å². The Labute approximate surface area is 97.7 Å². The molecule has 1 aromatic rings. The van der Waals surface area contributed by atoms with Crippen LogP contribution in [0, 0.1) is 5.92 Å². The lowest BCUT2D eigenvalue weighted by Crippen LogP contribution is -2.30. The smallest absolute Gasteiger partial charge is 0.144 e. The Hall–Kier alpha value is -1.12. The molecule has 0 aromatic carbocycles. The lowest BCUT2D eigenvalue weighted by molar-refractivity contribution is 0.312. The fraction of sp³-hybridized carbons (Fsp3) is 0.692. The normalized spacial score (nSPS) is 19.3. The van der Waals surface area contributed by atoms with E-state index in [1.54, 1.807) is 12.4 Å². The molecule has 1 fully saturated rings. The van der Waals surface area contributed by atoms with Gasteiger partial charge in [0.2, 0.25) is 0 Å². The van der Waals surface area contributed by atoms with Gasteiger partial charge < -0.3 is 5.32 Å². The first kappa shape index (κ1) is 11.4. The predicted octanol–water partition coefficient (Wildman–Crippen LogP) is 3.25. The van der Waals surface area contributed by atoms with Gasteiger partial charge in [0.25, 0.3) is 0 Å². The van der Waals surface area contributed by atoms with Crippen molar-refractivity contribution in [3.8, 4) is 0 Å². The molecule has 1 heterocycles. The van der Waals surface area contributed by atoms with E-state index in [2.05, 4.69) is 22.2 Å². The minimum Gasteiger partial charge on any atom is -0.366 e. The van der Waals surface area contributed by atoms with E-state index in [0.717, 1.165) is 11.7 Å². The van der Waals surface area contributed by atoms with Crippen molar-refractivity contribution >= 4 is 5.82 Å². The van der Waals surface area contributed by atoms with E-state index in [9.17, 15) is 0 Å². The Bertz CT molecular complexity index is 293. The number of hydrogen-bond donors (Lipinski definition) is 1. The second-order valence-corrected chi connectivity index (χ2v) is 4.65. The lowest BCUT2D eigenvalue weighted by atomic mass is 9.83. The molecule has 0 spiro atoms. The molecule has 88 valence electrons. The molecular weight excluding hydrogens is 198 g/mol. The lowest BCUT2D eigenvalue weighted by Gasteiger charge is -2.30. The van der Waals surface area contributed by atoms with Crippen LogP contribution in [0.5, 0.6) is 0 Å². The van der Waals surface area contributed by atoms with Gasteiger partial charge in [0, 0.05) is 18.4 Å². The Morgan fingerprint density at radius 3 is 2.75 bits per heavy atom. The van der Waals surface area contributed by atoms with Crippen LogP contribution in [0.25, 0.3) is 0 Å². The van der Waals surface area contributed by atoms with E-state index in [0.29, 0.717) is 6.04 Å². The molecule has 1 aromatic heterocycles. The Morgan fingerprint density at radius 2 is 2.12 bits per heavy atom. The van der Waals surface area contributed by atoms with E-state index in [1.807, 2.05) is 6.20 Å². The van der Waals surface area contributed by atoms with E-state index in [1.165, 1.54) is 38.5 Å². The molecule has 0 amide bonds. The van der Waals surface area contributed by atoms with Crippen LogP contribution in [0.1, 0.15) is 45.4 Å². The molecule has 3 nitrogen and oxygen atoms in total. The van der Waals surface area contributed by atoms with Crippen molar-refractivity contribution in [3.63, 3.8) is 0 Å². The topological polar surface area (TPSA) is 37.8 Å². The average molecular weight is 219 g/mol. The highest BCUT2D eigenvalue weighted by Crippen LogP contribution is 2.29. The zero-order valence-electron chi connectivity index (χ0n) is 10.0. The summed E-state index contributed by atoms with van der Waals surface area (Å²) < 4.78 is 0. The fourth-order valence-electron chi connectivity index (χ4n) is 2.65. The molecule has 1 aliphatic rings. The molecule has 0 bridgehead atoms. The summed E-state index contributed by atoms with van der Waals surface area (Å²) in [6, 6.07) is 0.567. The van der Waals surface area contributed by atoms with Gasteiger partial charge in [0.1, 0.15) is 5.82 Å². The summed E-state index contributed by atoms with van der Waals surface area (Å²) in [6.07, 6.45) is 13.4. The molecule has 1 N–H and O–H groups in total. The highest BCUT2D eigenvalue weighted by molar-refractivity contribution is 5.31. The van der Waals surface area contributed by atoms with Crippen molar-refractivity contribution in [2.24, 2.45) is 5.92 Å². The van der Waals surface area contributed by atoms with Crippen LogP contribution >= 0.6 is 0 Å². The van der Waals surface area contributed by atoms with Gasteiger partial charge in [-0.3, -0.25) is 4.98 Å². The summed E-state index contributed by atoms with van der Waals surface area (Å²) in [5.41, 5.74) is 0. The van der Waals surface area contributed by atoms with Crippen molar-refractivity contribution < 1.29 is 0 Å². The van der Waals surface area contributed by atoms with E-state index in [4.69, 9.17) is 0 Å². The van der Waals surface area contributed by atoms with Crippen LogP contribution in [-0.4, -0.2) is 16.0 Å². The largest absolute Gasteiger partial charge is 0.366 e. The second kappa shape index (κ2) is 5.83. The molecule has 0 radical (unpaired) electrons. The van der Waals surface area contributed by atoms with Gasteiger partial charge in [-0.1, -0.05) is 26.2 Å². The maximum absolute atomic E-state index is 4.29. The molecule has 1 atom stereocenters. The average Bonchev–Trinajstić information content (AvgIpc) is 2.38. The van der Waals surface area contributed by atoms with E-state index >= 15 is 0 Å². The SMILES string of the molecule is CCC(Nc1cnccn1)C1CCCCC1. The van der Waals surface area contributed by atoms with Gasteiger partial charge in [0.05, 0.1) is 6.20 Å². The maximum Gasteiger partial charge on any atom is 0.144 e. The van der Waals surface area contributed by atoms with Crippen molar-refractivity contribution in [1.29, 1.82) is 0 Å². The third-order valence-corrected chi connectivity index (χ3v) is 3.56. The van der Waals surface area contributed by atoms with Crippen LogP contribution in [-0.2, 0) is 0 Å². The molecule has 0 saturated heterocycles. The Morgan fingerprint density at radius 1 is 1.31 bits per heavy atom. The summed E-state index contributed by atoms with van der Waals surface area (Å²) in [5.74, 6) is 1.74. The first-order chi connectivity index (χ1) is 7.90. The summed E-state index contributed by atoms with van der Waals surface area (Å²) in [4.78, 5) is 8.38. The predicted molar refractivity (Wildman–Crippen MR) is 66.3 cm³/mol. The minimum absolute atomic E-state index is 0.567. The van der Waals surface area contributed by atoms with Gasteiger partial charge in [-0.25, -0.2) is 4.98 Å². The molecule has 0 aliphatic heterocycles. The number of nitrogens with zero attached hydrogens (tertiary/aromatic N) is 2. The van der Waals surface area contributed by atoms with Crippen LogP contribution < -0.4 is 5.32 Å². The Kier molecular flexibility index (Phi) is 4.14. The van der Waals surface area contributed by atoms with Gasteiger partial charge >= 0.3 is 0 Å². The van der Waals surface area contributed by atoms with Crippen LogP contribution in [0.4, 0.5) is 5.82 Å². The monoisotopic (exact) mass is 219 g/mol. The quantitative estimate of drug-likeness (QED) is 0.844. The molecule has 1 unspecified atom stereocenters. The van der Waals surface area contributed by atoms with E-state index in [-0.39, 0.29) is 0 Å². The molecule has 1 aliphatic carbocycles. The fourth-order valence-corrected chi connectivity index (χ4v) is 2.65. The standard InChI is InChI=1S/C13H21N3/c1-2-12(11-6-4-3-5-7-11)16-13-10-14-8-9-15-13/h8-12H,2-7H2,1H3,(H,15,16). The van der Waals surface area contributed by atoms with Gasteiger partial charge in [-0.2, -0.15) is 0 Å². The first-order valence-corrected chi connectivity index (χ1v) is 6.42. The molecule has 2 rings (SSSR count). The van der Waals surface area contributed by atoms with Gasteiger partial charge in [0.15, 0.2) is 0 Å². The van der Waals surface area contributed by atoms with E-state index < -0.39 is 0 Å². The molecule has 16 heavy (non-hydrogen) atoms. The number of rotatable bonds is 4. The minimum atomic E-state index is 0.567. The van der Waals surface area contributed by atoms with Crippen LogP contribution in [0.15, 0.2) is 18.6 Å². The zero-order valence-corrected chi connectivity index (χ0v) is 10.0. The number of nitrogens with one attached hydrogen (secondary N) is 1. The summed E-state index contributed by atoms with van der Waals surface area (Å²) in [6.45, 7) is 2.25. The zero-order chi connectivity index (χ0) is 11.2. The maximum atomic E-state index is 4.29. The third kappa shape index (κ3) is 2.94. The van der Waals surface area contributed by atoms with Gasteiger partial charge in [-0.05, 0) is 25.2 Å².